The van der Waals surface area contributed by atoms with Crippen LogP contribution < -0.4 is 56.5 Å². The number of carboxylic acids is 1. The van der Waals surface area contributed by atoms with E-state index in [1.165, 1.54) is 0 Å². The van der Waals surface area contributed by atoms with E-state index in [0.717, 1.165) is 6.40 Å². The molecule has 1 N–H and O–H groups in total. The minimum Gasteiger partial charge on any atom is -0.543 e. The summed E-state index contributed by atoms with van der Waals surface area (Å²) in [7, 11) is 0. The molecule has 0 unspecified atom stereocenters. The second kappa shape index (κ2) is 9.35. The van der Waals surface area contributed by atoms with Crippen molar-refractivity contribution in [1.82, 2.24) is 0 Å². The van der Waals surface area contributed by atoms with Crippen molar-refractivity contribution in [3.8, 4) is 0 Å². The van der Waals surface area contributed by atoms with Crippen LogP contribution in [0.5, 0.6) is 0 Å². The molecular formula is C9H14KNO4. The Kier molecular flexibility index (Phi) is 10.9. The standard InChI is InChI=1S/C9H15NO4.K/c1-4-7(11)8(9(12)13)10-5-14-6(2)3;/h5-6,11H,4H2,1-3H3,(H,12,13);/q;+1/p-1. The minimum atomic E-state index is -1.52. The molecule has 0 aliphatic heterocycles. The summed E-state index contributed by atoms with van der Waals surface area (Å²) in [5.41, 5.74) is -0.492. The van der Waals surface area contributed by atoms with Gasteiger partial charge in [0, 0.05) is 6.42 Å². The Hall–Kier alpha value is 0.116. The molecular weight excluding hydrogens is 225 g/mol. The zero-order valence-corrected chi connectivity index (χ0v) is 12.6. The van der Waals surface area contributed by atoms with Crippen LogP contribution in [0, 0.1) is 0 Å². The summed E-state index contributed by atoms with van der Waals surface area (Å²) in [5, 5.41) is 19.6. The van der Waals surface area contributed by atoms with Crippen LogP contribution in [0.15, 0.2) is 16.4 Å². The molecule has 0 bridgehead atoms. The molecule has 0 saturated carbocycles. The number of carbonyl (C=O) groups is 1. The number of hydrogen-bond donors (Lipinski definition) is 1. The maximum Gasteiger partial charge on any atom is 1.00 e. The Labute approximate surface area is 132 Å². The quantitative estimate of drug-likeness (QED) is 0.187. The third-order valence-corrected chi connectivity index (χ3v) is 1.32. The number of allylic oxidation sites excluding steroid dienone is 1. The van der Waals surface area contributed by atoms with E-state index in [2.05, 4.69) is 4.99 Å². The SMILES string of the molecule is CCC(O)=C(N=COC(C)C)C(=O)[O-].[K+]. The van der Waals surface area contributed by atoms with E-state index in [0.29, 0.717) is 0 Å². The molecule has 0 fully saturated rings. The van der Waals surface area contributed by atoms with Gasteiger partial charge in [-0.2, -0.15) is 0 Å². The van der Waals surface area contributed by atoms with Gasteiger partial charge in [-0.3, -0.25) is 0 Å². The Bertz CT molecular complexity index is 261. The average molecular weight is 239 g/mol. The Morgan fingerprint density at radius 3 is 2.47 bits per heavy atom. The van der Waals surface area contributed by atoms with Gasteiger partial charge in [0.05, 0.1) is 12.1 Å². The zero-order valence-electron chi connectivity index (χ0n) is 9.48. The van der Waals surface area contributed by atoms with Gasteiger partial charge in [0.25, 0.3) is 0 Å². The first-order chi connectivity index (χ1) is 6.49. The number of aliphatic imine (C=N–C) groups is 1. The summed E-state index contributed by atoms with van der Waals surface area (Å²) in [6, 6.07) is 0. The van der Waals surface area contributed by atoms with Gasteiger partial charge in [-0.15, -0.1) is 0 Å². The van der Waals surface area contributed by atoms with Crippen molar-refractivity contribution < 1.29 is 71.1 Å². The Morgan fingerprint density at radius 1 is 1.60 bits per heavy atom. The first kappa shape index (κ1) is 17.5. The number of ether oxygens (including phenoxy) is 1. The van der Waals surface area contributed by atoms with Crippen LogP contribution in [0.25, 0.3) is 0 Å². The molecule has 0 saturated heterocycles. The summed E-state index contributed by atoms with van der Waals surface area (Å²) in [5.74, 6) is -1.85. The number of aliphatic hydroxyl groups is 1. The van der Waals surface area contributed by atoms with Crippen LogP contribution in [0.4, 0.5) is 0 Å². The number of carbonyl (C=O) groups excluding carboxylic acids is 1. The van der Waals surface area contributed by atoms with E-state index in [4.69, 9.17) is 9.84 Å². The molecule has 0 spiro atoms. The van der Waals surface area contributed by atoms with Gasteiger partial charge in [-0.1, -0.05) is 6.92 Å². The van der Waals surface area contributed by atoms with Crippen molar-refractivity contribution in [2.24, 2.45) is 4.99 Å². The monoisotopic (exact) mass is 239 g/mol. The van der Waals surface area contributed by atoms with Crippen LogP contribution in [0.1, 0.15) is 27.2 Å². The van der Waals surface area contributed by atoms with Crippen LogP contribution in [0.3, 0.4) is 0 Å². The number of hydrogen-bond acceptors (Lipinski definition) is 5. The van der Waals surface area contributed by atoms with Gasteiger partial charge in [0.15, 0.2) is 6.40 Å². The molecule has 0 aromatic carbocycles. The molecule has 0 amide bonds. The predicted octanol–water partition coefficient (Wildman–Crippen LogP) is -2.63. The summed E-state index contributed by atoms with van der Waals surface area (Å²) in [6.07, 6.45) is 1.08. The number of aliphatic hydroxyl groups excluding tert-OH is 1. The topological polar surface area (TPSA) is 82.0 Å². The van der Waals surface area contributed by atoms with Gasteiger partial charge < -0.3 is 19.7 Å². The van der Waals surface area contributed by atoms with Gasteiger partial charge >= 0.3 is 51.4 Å². The van der Waals surface area contributed by atoms with Crippen LogP contribution in [-0.2, 0) is 9.53 Å². The molecule has 6 heteroatoms. The molecule has 0 radical (unpaired) electrons. The van der Waals surface area contributed by atoms with E-state index in [1.54, 1.807) is 20.8 Å². The van der Waals surface area contributed by atoms with Gasteiger partial charge in [-0.25, -0.2) is 4.99 Å². The fourth-order valence-corrected chi connectivity index (χ4v) is 0.617. The maximum atomic E-state index is 10.5. The smallest absolute Gasteiger partial charge is 0.543 e. The minimum absolute atomic E-state index is 0. The summed E-state index contributed by atoms with van der Waals surface area (Å²) in [4.78, 5) is 13.9. The first-order valence-electron chi connectivity index (χ1n) is 4.30. The van der Waals surface area contributed by atoms with Crippen LogP contribution in [0.2, 0.25) is 0 Å². The van der Waals surface area contributed by atoms with E-state index in [1.807, 2.05) is 0 Å². The molecule has 5 nitrogen and oxygen atoms in total. The number of rotatable bonds is 5. The molecule has 0 rings (SSSR count). The second-order valence-corrected chi connectivity index (χ2v) is 2.86. The van der Waals surface area contributed by atoms with Gasteiger partial charge in [0.2, 0.25) is 0 Å². The number of carboxylic acid groups (broad SMARTS) is 1. The van der Waals surface area contributed by atoms with Crippen molar-refractivity contribution in [1.29, 1.82) is 0 Å². The molecule has 0 aromatic heterocycles. The van der Waals surface area contributed by atoms with Crippen molar-refractivity contribution in [3.05, 3.63) is 11.5 Å². The Balaban J connectivity index is 0. The molecule has 0 atom stereocenters. The van der Waals surface area contributed by atoms with Crippen molar-refractivity contribution >= 4 is 12.4 Å². The molecule has 0 aromatic rings. The fraction of sp³-hybridized carbons (Fsp3) is 0.556. The number of aliphatic carboxylic acids is 1. The van der Waals surface area contributed by atoms with Gasteiger partial charge in [-0.05, 0) is 13.8 Å². The zero-order chi connectivity index (χ0) is 11.1. The molecule has 15 heavy (non-hydrogen) atoms. The van der Waals surface area contributed by atoms with Crippen LogP contribution in [-0.4, -0.2) is 23.6 Å². The average Bonchev–Trinajstić information content (AvgIpc) is 2.10. The molecule has 0 aliphatic carbocycles. The third-order valence-electron chi connectivity index (χ3n) is 1.32. The maximum absolute atomic E-state index is 10.5. The first-order valence-corrected chi connectivity index (χ1v) is 4.30. The van der Waals surface area contributed by atoms with E-state index in [9.17, 15) is 9.90 Å². The van der Waals surface area contributed by atoms with E-state index >= 15 is 0 Å². The van der Waals surface area contributed by atoms with Gasteiger partial charge in [0.1, 0.15) is 11.5 Å². The molecule has 0 aliphatic rings. The van der Waals surface area contributed by atoms with E-state index < -0.39 is 11.7 Å². The largest absolute Gasteiger partial charge is 1.00 e. The van der Waals surface area contributed by atoms with Crippen LogP contribution >= 0.6 is 0 Å². The summed E-state index contributed by atoms with van der Waals surface area (Å²) in [6.45, 7) is 5.15. The summed E-state index contributed by atoms with van der Waals surface area (Å²) < 4.78 is 4.89. The summed E-state index contributed by atoms with van der Waals surface area (Å²) >= 11 is 0. The van der Waals surface area contributed by atoms with Crippen molar-refractivity contribution in [2.45, 2.75) is 33.3 Å². The predicted molar refractivity (Wildman–Crippen MR) is 49.7 cm³/mol. The molecule has 80 valence electrons. The Morgan fingerprint density at radius 2 is 2.13 bits per heavy atom. The number of nitrogens with zero attached hydrogens (tertiary/aromatic N) is 1. The van der Waals surface area contributed by atoms with Crippen molar-refractivity contribution in [2.75, 3.05) is 0 Å². The third kappa shape index (κ3) is 7.98. The second-order valence-electron chi connectivity index (χ2n) is 2.86. The van der Waals surface area contributed by atoms with Crippen molar-refractivity contribution in [3.63, 3.8) is 0 Å². The fourth-order valence-electron chi connectivity index (χ4n) is 0.617. The van der Waals surface area contributed by atoms with E-state index in [-0.39, 0.29) is 69.7 Å². The molecule has 0 heterocycles. The normalized spacial score (nSPS) is 12.3.